The second-order valence-corrected chi connectivity index (χ2v) is 7.50. The van der Waals surface area contributed by atoms with E-state index >= 15 is 0 Å². The number of methoxy groups -OCH3 is 2. The number of hydrogen-bond donors (Lipinski definition) is 2. The molecular formula is C23H22BrN3O4. The molecular weight excluding hydrogens is 462 g/mol. The molecule has 2 amide bonds. The van der Waals surface area contributed by atoms with Crippen LogP contribution in [0.3, 0.4) is 0 Å². The Labute approximate surface area is 188 Å². The topological polar surface area (TPSA) is 89.0 Å². The van der Waals surface area contributed by atoms with Gasteiger partial charge in [-0.3, -0.25) is 9.59 Å². The van der Waals surface area contributed by atoms with Crippen molar-refractivity contribution in [3.8, 4) is 11.5 Å². The summed E-state index contributed by atoms with van der Waals surface area (Å²) < 4.78 is 11.2. The maximum Gasteiger partial charge on any atom is 0.240 e. The summed E-state index contributed by atoms with van der Waals surface area (Å²) in [4.78, 5) is 24.2. The maximum absolute atomic E-state index is 12.2. The summed E-state index contributed by atoms with van der Waals surface area (Å²) in [6, 6.07) is 17.1. The Morgan fingerprint density at radius 1 is 0.968 bits per heavy atom. The number of carbonyl (C=O) groups excluding carboxylic acids is 2. The highest BCUT2D eigenvalue weighted by Gasteiger charge is 2.10. The van der Waals surface area contributed by atoms with E-state index in [0.29, 0.717) is 27.2 Å². The number of nitrogens with zero attached hydrogens (tertiary/aromatic N) is 1. The van der Waals surface area contributed by atoms with Gasteiger partial charge in [-0.15, -0.1) is 0 Å². The molecule has 0 radical (unpaired) electrons. The van der Waals surface area contributed by atoms with Crippen LogP contribution in [0.1, 0.15) is 18.4 Å². The molecule has 0 bridgehead atoms. The molecule has 0 aliphatic carbocycles. The molecule has 160 valence electrons. The van der Waals surface area contributed by atoms with Crippen LogP contribution in [0, 0.1) is 0 Å². The van der Waals surface area contributed by atoms with Gasteiger partial charge >= 0.3 is 0 Å². The van der Waals surface area contributed by atoms with E-state index in [1.807, 2.05) is 42.5 Å². The van der Waals surface area contributed by atoms with Crippen LogP contribution >= 0.6 is 15.9 Å². The third kappa shape index (κ3) is 6.05. The number of carbonyl (C=O) groups is 2. The zero-order valence-corrected chi connectivity index (χ0v) is 18.7. The number of benzene rings is 3. The fourth-order valence-electron chi connectivity index (χ4n) is 2.96. The summed E-state index contributed by atoms with van der Waals surface area (Å²) in [5, 5.41) is 8.88. The van der Waals surface area contributed by atoms with Gasteiger partial charge in [0, 0.05) is 18.5 Å². The molecule has 0 unspecified atom stereocenters. The first-order valence-electron chi connectivity index (χ1n) is 9.52. The van der Waals surface area contributed by atoms with Crippen molar-refractivity contribution in [2.24, 2.45) is 5.10 Å². The van der Waals surface area contributed by atoms with Crippen molar-refractivity contribution in [3.05, 3.63) is 64.6 Å². The minimum Gasteiger partial charge on any atom is -0.493 e. The van der Waals surface area contributed by atoms with Crippen molar-refractivity contribution in [3.63, 3.8) is 0 Å². The lowest BCUT2D eigenvalue weighted by atomic mass is 10.1. The quantitative estimate of drug-likeness (QED) is 0.364. The smallest absolute Gasteiger partial charge is 0.240 e. The number of amides is 2. The molecule has 3 rings (SSSR count). The van der Waals surface area contributed by atoms with E-state index in [9.17, 15) is 9.59 Å². The van der Waals surface area contributed by atoms with Gasteiger partial charge in [0.05, 0.1) is 24.9 Å². The van der Waals surface area contributed by atoms with Crippen LogP contribution in [0.2, 0.25) is 0 Å². The third-order valence-corrected chi connectivity index (χ3v) is 5.06. The first-order chi connectivity index (χ1) is 15.0. The average molecular weight is 484 g/mol. The number of rotatable bonds is 8. The average Bonchev–Trinajstić information content (AvgIpc) is 2.77. The van der Waals surface area contributed by atoms with E-state index in [2.05, 4.69) is 31.8 Å². The lowest BCUT2D eigenvalue weighted by Gasteiger charge is -2.10. The fraction of sp³-hybridized carbons (Fsp3) is 0.174. The Kier molecular flexibility index (Phi) is 7.61. The number of nitrogens with one attached hydrogen (secondary N) is 2. The summed E-state index contributed by atoms with van der Waals surface area (Å²) in [6.07, 6.45) is 1.56. The summed E-state index contributed by atoms with van der Waals surface area (Å²) >= 11 is 3.40. The number of hydrogen-bond acceptors (Lipinski definition) is 5. The summed E-state index contributed by atoms with van der Waals surface area (Å²) in [5.41, 5.74) is 3.83. The zero-order chi connectivity index (χ0) is 22.2. The largest absolute Gasteiger partial charge is 0.493 e. The van der Waals surface area contributed by atoms with Crippen LogP contribution in [0.4, 0.5) is 5.69 Å². The maximum atomic E-state index is 12.2. The Morgan fingerprint density at radius 3 is 2.45 bits per heavy atom. The van der Waals surface area contributed by atoms with Crippen molar-refractivity contribution in [1.29, 1.82) is 0 Å². The van der Waals surface area contributed by atoms with E-state index in [4.69, 9.17) is 9.47 Å². The molecule has 0 atom stereocenters. The molecule has 7 nitrogen and oxygen atoms in total. The van der Waals surface area contributed by atoms with Crippen molar-refractivity contribution in [1.82, 2.24) is 5.43 Å². The lowest BCUT2D eigenvalue weighted by Crippen LogP contribution is -2.20. The van der Waals surface area contributed by atoms with Gasteiger partial charge in [0.2, 0.25) is 11.8 Å². The molecule has 3 aromatic rings. The SMILES string of the molecule is COc1cc(C=NNC(=O)CCC(=O)Nc2ccc3ccccc3c2)cc(Br)c1OC. The van der Waals surface area contributed by atoms with E-state index in [1.165, 1.54) is 13.3 Å². The summed E-state index contributed by atoms with van der Waals surface area (Å²) in [6.45, 7) is 0. The Hall–Kier alpha value is -3.39. The normalized spacial score (nSPS) is 10.8. The number of ether oxygens (including phenoxy) is 2. The Balaban J connectivity index is 1.49. The molecule has 0 aliphatic rings. The second-order valence-electron chi connectivity index (χ2n) is 6.64. The van der Waals surface area contributed by atoms with Crippen LogP contribution < -0.4 is 20.2 Å². The molecule has 0 aromatic heterocycles. The Bertz CT molecular complexity index is 1130. The monoisotopic (exact) mass is 483 g/mol. The molecule has 0 spiro atoms. The minimum atomic E-state index is -0.357. The van der Waals surface area contributed by atoms with Gasteiger partial charge in [0.15, 0.2) is 11.5 Å². The Morgan fingerprint density at radius 2 is 1.71 bits per heavy atom. The molecule has 8 heteroatoms. The third-order valence-electron chi connectivity index (χ3n) is 4.47. The second kappa shape index (κ2) is 10.6. The summed E-state index contributed by atoms with van der Waals surface area (Å²) in [7, 11) is 3.09. The van der Waals surface area contributed by atoms with Crippen molar-refractivity contribution < 1.29 is 19.1 Å². The van der Waals surface area contributed by atoms with E-state index < -0.39 is 0 Å². The van der Waals surface area contributed by atoms with Crippen LogP contribution in [-0.2, 0) is 9.59 Å². The van der Waals surface area contributed by atoms with Crippen molar-refractivity contribution in [2.75, 3.05) is 19.5 Å². The van der Waals surface area contributed by atoms with Gasteiger partial charge in [-0.2, -0.15) is 5.10 Å². The van der Waals surface area contributed by atoms with Crippen LogP contribution in [0.5, 0.6) is 11.5 Å². The highest BCUT2D eigenvalue weighted by atomic mass is 79.9. The zero-order valence-electron chi connectivity index (χ0n) is 17.1. The van der Waals surface area contributed by atoms with Crippen LogP contribution in [0.15, 0.2) is 64.2 Å². The van der Waals surface area contributed by atoms with E-state index in [0.717, 1.165) is 10.8 Å². The standard InChI is InChI=1S/C23H22BrN3O4/c1-30-20-12-15(11-19(24)23(20)31-2)14-25-27-22(29)10-9-21(28)26-18-8-7-16-5-3-4-6-17(16)13-18/h3-8,11-14H,9-10H2,1-2H3,(H,26,28)(H,27,29). The highest BCUT2D eigenvalue weighted by molar-refractivity contribution is 9.10. The summed E-state index contributed by atoms with van der Waals surface area (Å²) in [5.74, 6) is 0.513. The molecule has 0 saturated heterocycles. The first-order valence-corrected chi connectivity index (χ1v) is 10.3. The number of hydrazone groups is 1. The molecule has 31 heavy (non-hydrogen) atoms. The molecule has 2 N–H and O–H groups in total. The number of anilines is 1. The highest BCUT2D eigenvalue weighted by Crippen LogP contribution is 2.35. The van der Waals surface area contributed by atoms with Gasteiger partial charge in [-0.05, 0) is 56.5 Å². The van der Waals surface area contributed by atoms with E-state index in [-0.39, 0.29) is 24.7 Å². The van der Waals surface area contributed by atoms with Gasteiger partial charge in [-0.25, -0.2) is 5.43 Å². The molecule has 0 fully saturated rings. The number of halogens is 1. The minimum absolute atomic E-state index is 0.0202. The van der Waals surface area contributed by atoms with Gasteiger partial charge in [0.1, 0.15) is 0 Å². The predicted molar refractivity (Wildman–Crippen MR) is 125 cm³/mol. The molecule has 3 aromatic carbocycles. The van der Waals surface area contributed by atoms with Crippen LogP contribution in [-0.4, -0.2) is 32.2 Å². The molecule has 0 aliphatic heterocycles. The first kappa shape index (κ1) is 22.3. The molecule has 0 heterocycles. The number of fused-ring (bicyclic) bond motifs is 1. The predicted octanol–water partition coefficient (Wildman–Crippen LogP) is 4.49. The van der Waals surface area contributed by atoms with Gasteiger partial charge < -0.3 is 14.8 Å². The van der Waals surface area contributed by atoms with Crippen LogP contribution in [0.25, 0.3) is 10.8 Å². The van der Waals surface area contributed by atoms with Gasteiger partial charge in [0.25, 0.3) is 0 Å². The molecule has 0 saturated carbocycles. The van der Waals surface area contributed by atoms with Crippen molar-refractivity contribution in [2.45, 2.75) is 12.8 Å². The lowest BCUT2D eigenvalue weighted by molar-refractivity contribution is -0.124. The van der Waals surface area contributed by atoms with Gasteiger partial charge in [-0.1, -0.05) is 30.3 Å². The van der Waals surface area contributed by atoms with Crippen molar-refractivity contribution >= 4 is 50.4 Å². The van der Waals surface area contributed by atoms with E-state index in [1.54, 1.807) is 19.2 Å². The fourth-order valence-corrected chi connectivity index (χ4v) is 3.59.